The van der Waals surface area contributed by atoms with Crippen LogP contribution < -0.4 is 10.6 Å². The average Bonchev–Trinajstić information content (AvgIpc) is 2.44. The third kappa shape index (κ3) is 4.56. The van der Waals surface area contributed by atoms with Crippen LogP contribution in [0.25, 0.3) is 0 Å². The number of benzene rings is 1. The first-order valence-corrected chi connectivity index (χ1v) is 7.13. The van der Waals surface area contributed by atoms with Gasteiger partial charge in [-0.1, -0.05) is 31.2 Å². The molecule has 0 saturated carbocycles. The molecule has 0 spiro atoms. The van der Waals surface area contributed by atoms with E-state index >= 15 is 0 Å². The first kappa shape index (κ1) is 17.2. The van der Waals surface area contributed by atoms with Gasteiger partial charge in [-0.3, -0.25) is 14.9 Å². The number of hydrogen-bond acceptors (Lipinski definition) is 3. The molecule has 0 aliphatic carbocycles. The maximum atomic E-state index is 12.0. The molecular weight excluding hydrogens is 268 g/mol. The van der Waals surface area contributed by atoms with Crippen LogP contribution in [0, 0.1) is 6.92 Å². The summed E-state index contributed by atoms with van der Waals surface area (Å²) < 4.78 is 0. The molecule has 0 fully saturated rings. The van der Waals surface area contributed by atoms with Crippen LogP contribution in [0.1, 0.15) is 44.4 Å². The Morgan fingerprint density at radius 2 is 1.95 bits per heavy atom. The van der Waals surface area contributed by atoms with E-state index in [0.29, 0.717) is 6.42 Å². The number of nitrogens with one attached hydrogen (secondary N) is 2. The Labute approximate surface area is 125 Å². The summed E-state index contributed by atoms with van der Waals surface area (Å²) in [7, 11) is 0. The van der Waals surface area contributed by atoms with E-state index in [0.717, 1.165) is 11.1 Å². The summed E-state index contributed by atoms with van der Waals surface area (Å²) in [5.41, 5.74) is 1.09. The average molecular weight is 292 g/mol. The molecule has 0 bridgehead atoms. The van der Waals surface area contributed by atoms with Gasteiger partial charge < -0.3 is 10.4 Å². The second-order valence-corrected chi connectivity index (χ2v) is 5.49. The topological polar surface area (TPSA) is 78.4 Å². The van der Waals surface area contributed by atoms with Gasteiger partial charge in [-0.25, -0.2) is 0 Å². The van der Waals surface area contributed by atoms with E-state index in [1.165, 1.54) is 0 Å². The minimum atomic E-state index is -1.08. The van der Waals surface area contributed by atoms with E-state index in [-0.39, 0.29) is 18.5 Å². The predicted octanol–water partition coefficient (Wildman–Crippen LogP) is 2.02. The Kier molecular flexibility index (Phi) is 5.90. The molecule has 1 rings (SSSR count). The molecule has 2 atom stereocenters. The van der Waals surface area contributed by atoms with Crippen molar-refractivity contribution in [2.45, 2.75) is 45.7 Å². The standard InChI is InChI=1S/C16H24N2O3/c1-5-16(4,15(20)21)17-10-14(19)18-12(3)13-9-7-6-8-11(13)2/h6-9,12,17H,5,10H2,1-4H3,(H,18,19)(H,20,21). The van der Waals surface area contributed by atoms with Gasteiger partial charge in [-0.15, -0.1) is 0 Å². The van der Waals surface area contributed by atoms with Crippen LogP contribution >= 0.6 is 0 Å². The number of carboxylic acid groups (broad SMARTS) is 1. The summed E-state index contributed by atoms with van der Waals surface area (Å²) >= 11 is 0. The summed E-state index contributed by atoms with van der Waals surface area (Å²) in [6.07, 6.45) is 0.406. The first-order chi connectivity index (χ1) is 9.80. The van der Waals surface area contributed by atoms with Gasteiger partial charge in [-0.05, 0) is 38.3 Å². The van der Waals surface area contributed by atoms with Crippen molar-refractivity contribution in [1.82, 2.24) is 10.6 Å². The number of hydrogen-bond donors (Lipinski definition) is 3. The van der Waals surface area contributed by atoms with Crippen molar-refractivity contribution in [2.24, 2.45) is 0 Å². The zero-order valence-corrected chi connectivity index (χ0v) is 13.1. The van der Waals surface area contributed by atoms with Crippen LogP contribution in [0.3, 0.4) is 0 Å². The van der Waals surface area contributed by atoms with E-state index in [2.05, 4.69) is 10.6 Å². The third-order valence-electron chi connectivity index (χ3n) is 3.85. The molecule has 3 N–H and O–H groups in total. The lowest BCUT2D eigenvalue weighted by molar-refractivity contribution is -0.144. The lowest BCUT2D eigenvalue weighted by Gasteiger charge is -2.25. The molecule has 0 aliphatic heterocycles. The molecule has 2 unspecified atom stereocenters. The molecule has 1 amide bonds. The zero-order valence-electron chi connectivity index (χ0n) is 13.1. The molecule has 0 saturated heterocycles. The summed E-state index contributed by atoms with van der Waals surface area (Å²) in [5, 5.41) is 14.8. The van der Waals surface area contributed by atoms with Crippen LogP contribution in [0.15, 0.2) is 24.3 Å². The first-order valence-electron chi connectivity index (χ1n) is 7.13. The summed E-state index contributed by atoms with van der Waals surface area (Å²) in [6, 6.07) is 7.74. The van der Waals surface area contributed by atoms with Crippen molar-refractivity contribution in [3.05, 3.63) is 35.4 Å². The maximum Gasteiger partial charge on any atom is 0.323 e. The number of carbonyl (C=O) groups is 2. The Morgan fingerprint density at radius 3 is 2.48 bits per heavy atom. The molecule has 1 aromatic rings. The minimum absolute atomic E-state index is 0.0210. The van der Waals surface area contributed by atoms with Crippen molar-refractivity contribution in [2.75, 3.05) is 6.54 Å². The fourth-order valence-corrected chi connectivity index (χ4v) is 2.07. The van der Waals surface area contributed by atoms with Crippen molar-refractivity contribution >= 4 is 11.9 Å². The molecule has 21 heavy (non-hydrogen) atoms. The highest BCUT2D eigenvalue weighted by Gasteiger charge is 2.30. The van der Waals surface area contributed by atoms with Gasteiger partial charge in [0.25, 0.3) is 0 Å². The minimum Gasteiger partial charge on any atom is -0.480 e. The molecule has 5 nitrogen and oxygen atoms in total. The Bertz CT molecular complexity index is 516. The molecule has 0 aliphatic rings. The van der Waals surface area contributed by atoms with Gasteiger partial charge in [0, 0.05) is 0 Å². The van der Waals surface area contributed by atoms with Gasteiger partial charge in [0.05, 0.1) is 12.6 Å². The SMILES string of the molecule is CCC(C)(NCC(=O)NC(C)c1ccccc1C)C(=O)O. The molecule has 0 aromatic heterocycles. The summed E-state index contributed by atoms with van der Waals surface area (Å²) in [6.45, 7) is 7.24. The molecule has 0 heterocycles. The number of aryl methyl sites for hydroxylation is 1. The molecule has 1 aromatic carbocycles. The lowest BCUT2D eigenvalue weighted by atomic mass is 9.99. The Hall–Kier alpha value is -1.88. The highest BCUT2D eigenvalue weighted by molar-refractivity contribution is 5.82. The summed E-state index contributed by atoms with van der Waals surface area (Å²) in [4.78, 5) is 23.1. The maximum absolute atomic E-state index is 12.0. The predicted molar refractivity (Wildman–Crippen MR) is 82.1 cm³/mol. The highest BCUT2D eigenvalue weighted by Crippen LogP contribution is 2.16. The quantitative estimate of drug-likeness (QED) is 0.718. The van der Waals surface area contributed by atoms with E-state index in [9.17, 15) is 9.59 Å². The molecule has 0 radical (unpaired) electrons. The fraction of sp³-hybridized carbons (Fsp3) is 0.500. The van der Waals surface area contributed by atoms with Crippen molar-refractivity contribution in [3.8, 4) is 0 Å². The van der Waals surface area contributed by atoms with Crippen LogP contribution in [-0.2, 0) is 9.59 Å². The second-order valence-electron chi connectivity index (χ2n) is 5.49. The Balaban J connectivity index is 2.58. The monoisotopic (exact) mass is 292 g/mol. The van der Waals surface area contributed by atoms with E-state index in [1.807, 2.05) is 38.1 Å². The van der Waals surface area contributed by atoms with Crippen LogP contribution in [0.2, 0.25) is 0 Å². The van der Waals surface area contributed by atoms with Gasteiger partial charge in [0.15, 0.2) is 0 Å². The zero-order chi connectivity index (χ0) is 16.0. The lowest BCUT2D eigenvalue weighted by Crippen LogP contribution is -2.52. The molecule has 5 heteroatoms. The molecule has 116 valence electrons. The van der Waals surface area contributed by atoms with Crippen molar-refractivity contribution < 1.29 is 14.7 Å². The van der Waals surface area contributed by atoms with Gasteiger partial charge >= 0.3 is 5.97 Å². The van der Waals surface area contributed by atoms with E-state index in [1.54, 1.807) is 13.8 Å². The van der Waals surface area contributed by atoms with Crippen LogP contribution in [0.4, 0.5) is 0 Å². The smallest absolute Gasteiger partial charge is 0.323 e. The fourth-order valence-electron chi connectivity index (χ4n) is 2.07. The largest absolute Gasteiger partial charge is 0.480 e. The van der Waals surface area contributed by atoms with E-state index in [4.69, 9.17) is 5.11 Å². The number of rotatable bonds is 7. The van der Waals surface area contributed by atoms with Crippen LogP contribution in [0.5, 0.6) is 0 Å². The summed E-state index contributed by atoms with van der Waals surface area (Å²) in [5.74, 6) is -1.17. The van der Waals surface area contributed by atoms with Gasteiger partial charge in [-0.2, -0.15) is 0 Å². The van der Waals surface area contributed by atoms with Gasteiger partial charge in [0.2, 0.25) is 5.91 Å². The van der Waals surface area contributed by atoms with Crippen molar-refractivity contribution in [3.63, 3.8) is 0 Å². The number of amides is 1. The molecular formula is C16H24N2O3. The normalized spacial score (nSPS) is 15.0. The number of carboxylic acids is 1. The van der Waals surface area contributed by atoms with Gasteiger partial charge in [0.1, 0.15) is 5.54 Å². The Morgan fingerprint density at radius 1 is 1.33 bits per heavy atom. The number of aliphatic carboxylic acids is 1. The van der Waals surface area contributed by atoms with E-state index < -0.39 is 11.5 Å². The number of carbonyl (C=O) groups excluding carboxylic acids is 1. The van der Waals surface area contributed by atoms with Crippen LogP contribution in [-0.4, -0.2) is 29.1 Å². The second kappa shape index (κ2) is 7.22. The van der Waals surface area contributed by atoms with Crippen molar-refractivity contribution in [1.29, 1.82) is 0 Å². The highest BCUT2D eigenvalue weighted by atomic mass is 16.4. The third-order valence-corrected chi connectivity index (χ3v) is 3.85.